The molecule has 0 atom stereocenters. The van der Waals surface area contributed by atoms with Gasteiger partial charge in [0.05, 0.1) is 10.6 Å². The standard InChI is InChI=1S/C10H8ClNOS/c11-4-6-2-1-3-8-9(6)7(5-13)10(12)14-8/h1-3,5H,4,12H2. The van der Waals surface area contributed by atoms with Crippen molar-refractivity contribution in [1.82, 2.24) is 0 Å². The summed E-state index contributed by atoms with van der Waals surface area (Å²) in [4.78, 5) is 10.9. The van der Waals surface area contributed by atoms with Crippen LogP contribution >= 0.6 is 22.9 Å². The van der Waals surface area contributed by atoms with E-state index in [1.165, 1.54) is 11.3 Å². The van der Waals surface area contributed by atoms with E-state index in [0.29, 0.717) is 16.4 Å². The minimum Gasteiger partial charge on any atom is -0.390 e. The average molecular weight is 226 g/mol. The zero-order valence-corrected chi connectivity index (χ0v) is 8.86. The number of nitrogen functional groups attached to an aromatic ring is 1. The molecule has 2 rings (SSSR count). The van der Waals surface area contributed by atoms with Crippen molar-refractivity contribution in [1.29, 1.82) is 0 Å². The molecule has 0 aliphatic heterocycles. The Morgan fingerprint density at radius 1 is 1.50 bits per heavy atom. The van der Waals surface area contributed by atoms with Gasteiger partial charge in [-0.3, -0.25) is 4.79 Å². The van der Waals surface area contributed by atoms with Crippen LogP contribution < -0.4 is 5.73 Å². The van der Waals surface area contributed by atoms with Gasteiger partial charge in [0.2, 0.25) is 0 Å². The molecular formula is C10H8ClNOS. The van der Waals surface area contributed by atoms with Crippen LogP contribution in [0.25, 0.3) is 10.1 Å². The molecule has 0 fully saturated rings. The molecule has 4 heteroatoms. The van der Waals surface area contributed by atoms with Crippen molar-refractivity contribution >= 4 is 44.3 Å². The Balaban J connectivity index is 2.89. The maximum absolute atomic E-state index is 10.9. The Labute approximate surface area is 90.3 Å². The zero-order chi connectivity index (χ0) is 10.1. The van der Waals surface area contributed by atoms with E-state index in [0.717, 1.165) is 21.9 Å². The smallest absolute Gasteiger partial charge is 0.153 e. The van der Waals surface area contributed by atoms with Gasteiger partial charge in [-0.1, -0.05) is 12.1 Å². The fourth-order valence-corrected chi connectivity index (χ4v) is 2.70. The van der Waals surface area contributed by atoms with Crippen molar-refractivity contribution < 1.29 is 4.79 Å². The molecule has 0 amide bonds. The van der Waals surface area contributed by atoms with Gasteiger partial charge in [-0.2, -0.15) is 0 Å². The average Bonchev–Trinajstić information content (AvgIpc) is 2.52. The maximum Gasteiger partial charge on any atom is 0.153 e. The molecule has 72 valence electrons. The lowest BCUT2D eigenvalue weighted by atomic mass is 10.1. The minimum absolute atomic E-state index is 0.397. The maximum atomic E-state index is 10.9. The summed E-state index contributed by atoms with van der Waals surface area (Å²) in [5.74, 6) is 0.397. The number of benzene rings is 1. The summed E-state index contributed by atoms with van der Waals surface area (Å²) >= 11 is 7.21. The number of aldehydes is 1. The van der Waals surface area contributed by atoms with Crippen LogP contribution in [0.5, 0.6) is 0 Å². The summed E-state index contributed by atoms with van der Waals surface area (Å²) in [5.41, 5.74) is 7.26. The summed E-state index contributed by atoms with van der Waals surface area (Å²) in [6.45, 7) is 0. The Morgan fingerprint density at radius 2 is 2.29 bits per heavy atom. The van der Waals surface area contributed by atoms with Gasteiger partial charge in [0.1, 0.15) is 0 Å². The number of fused-ring (bicyclic) bond motifs is 1. The number of carbonyl (C=O) groups is 1. The lowest BCUT2D eigenvalue weighted by Gasteiger charge is -1.98. The molecule has 1 aromatic heterocycles. The van der Waals surface area contributed by atoms with Gasteiger partial charge < -0.3 is 5.73 Å². The second-order valence-electron chi connectivity index (χ2n) is 2.92. The molecule has 14 heavy (non-hydrogen) atoms. The number of nitrogens with two attached hydrogens (primary N) is 1. The number of anilines is 1. The topological polar surface area (TPSA) is 43.1 Å². The van der Waals surface area contributed by atoms with Crippen molar-refractivity contribution in [2.45, 2.75) is 5.88 Å². The van der Waals surface area contributed by atoms with Crippen LogP contribution in [-0.2, 0) is 5.88 Å². The number of hydrogen-bond acceptors (Lipinski definition) is 3. The fraction of sp³-hybridized carbons (Fsp3) is 0.100. The molecule has 1 aromatic carbocycles. The molecule has 0 radical (unpaired) electrons. The van der Waals surface area contributed by atoms with Gasteiger partial charge in [-0.25, -0.2) is 0 Å². The molecule has 2 N–H and O–H groups in total. The van der Waals surface area contributed by atoms with Gasteiger partial charge in [-0.15, -0.1) is 22.9 Å². The van der Waals surface area contributed by atoms with Crippen LogP contribution in [0.3, 0.4) is 0 Å². The van der Waals surface area contributed by atoms with Crippen LogP contribution in [0.1, 0.15) is 15.9 Å². The Kier molecular flexibility index (Phi) is 2.44. The van der Waals surface area contributed by atoms with Gasteiger partial charge in [0, 0.05) is 16.0 Å². The van der Waals surface area contributed by atoms with E-state index in [2.05, 4.69) is 0 Å². The van der Waals surface area contributed by atoms with Gasteiger partial charge in [0.15, 0.2) is 6.29 Å². The Bertz CT molecular complexity index is 492. The third-order valence-electron chi connectivity index (χ3n) is 2.13. The van der Waals surface area contributed by atoms with E-state index < -0.39 is 0 Å². The number of alkyl halides is 1. The van der Waals surface area contributed by atoms with E-state index in [9.17, 15) is 4.79 Å². The van der Waals surface area contributed by atoms with Crippen molar-refractivity contribution in [2.75, 3.05) is 5.73 Å². The fourth-order valence-electron chi connectivity index (χ4n) is 1.49. The lowest BCUT2D eigenvalue weighted by Crippen LogP contribution is -1.88. The molecule has 0 saturated heterocycles. The first-order valence-corrected chi connectivity index (χ1v) is 5.44. The molecule has 0 spiro atoms. The molecule has 0 saturated carbocycles. The van der Waals surface area contributed by atoms with Gasteiger partial charge >= 0.3 is 0 Å². The Morgan fingerprint density at radius 3 is 2.93 bits per heavy atom. The lowest BCUT2D eigenvalue weighted by molar-refractivity contribution is 0.112. The van der Waals surface area contributed by atoms with Gasteiger partial charge in [-0.05, 0) is 11.6 Å². The summed E-state index contributed by atoms with van der Waals surface area (Å²) in [5, 5.41) is 1.47. The van der Waals surface area contributed by atoms with Gasteiger partial charge in [0.25, 0.3) is 0 Å². The summed E-state index contributed by atoms with van der Waals surface area (Å²) in [7, 11) is 0. The molecule has 2 nitrogen and oxygen atoms in total. The highest BCUT2D eigenvalue weighted by Crippen LogP contribution is 2.34. The second kappa shape index (κ2) is 3.59. The largest absolute Gasteiger partial charge is 0.390 e. The number of halogens is 1. The number of thiophene rings is 1. The van der Waals surface area contributed by atoms with E-state index in [1.807, 2.05) is 18.2 Å². The van der Waals surface area contributed by atoms with E-state index >= 15 is 0 Å². The normalized spacial score (nSPS) is 10.6. The van der Waals surface area contributed by atoms with Crippen LogP contribution in [0.4, 0.5) is 5.00 Å². The molecule has 0 unspecified atom stereocenters. The zero-order valence-electron chi connectivity index (χ0n) is 7.29. The van der Waals surface area contributed by atoms with Crippen molar-refractivity contribution in [3.05, 3.63) is 29.3 Å². The van der Waals surface area contributed by atoms with Crippen LogP contribution in [-0.4, -0.2) is 6.29 Å². The van der Waals surface area contributed by atoms with E-state index in [-0.39, 0.29) is 0 Å². The highest BCUT2D eigenvalue weighted by molar-refractivity contribution is 7.23. The number of hydrogen-bond donors (Lipinski definition) is 1. The highest BCUT2D eigenvalue weighted by atomic mass is 35.5. The SMILES string of the molecule is Nc1sc2cccc(CCl)c2c1C=O. The van der Waals surface area contributed by atoms with E-state index in [1.54, 1.807) is 0 Å². The summed E-state index contributed by atoms with van der Waals surface area (Å²) in [6.07, 6.45) is 0.796. The minimum atomic E-state index is 0.397. The molecule has 2 aromatic rings. The second-order valence-corrected chi connectivity index (χ2v) is 4.27. The molecule has 0 aliphatic rings. The first kappa shape index (κ1) is 9.49. The van der Waals surface area contributed by atoms with E-state index in [4.69, 9.17) is 17.3 Å². The first-order valence-electron chi connectivity index (χ1n) is 4.09. The third-order valence-corrected chi connectivity index (χ3v) is 3.42. The predicted molar refractivity (Wildman–Crippen MR) is 61.2 cm³/mol. The summed E-state index contributed by atoms with van der Waals surface area (Å²) in [6, 6.07) is 5.78. The molecule has 0 bridgehead atoms. The molecular weight excluding hydrogens is 218 g/mol. The molecule has 0 aliphatic carbocycles. The summed E-state index contributed by atoms with van der Waals surface area (Å²) < 4.78 is 1.02. The predicted octanol–water partition coefficient (Wildman–Crippen LogP) is 3.03. The van der Waals surface area contributed by atoms with Crippen molar-refractivity contribution in [3.63, 3.8) is 0 Å². The third kappa shape index (κ3) is 1.29. The van der Waals surface area contributed by atoms with Crippen LogP contribution in [0.15, 0.2) is 18.2 Å². The van der Waals surface area contributed by atoms with Crippen LogP contribution in [0.2, 0.25) is 0 Å². The quantitative estimate of drug-likeness (QED) is 0.631. The van der Waals surface area contributed by atoms with Crippen molar-refractivity contribution in [3.8, 4) is 0 Å². The molecule has 1 heterocycles. The highest BCUT2D eigenvalue weighted by Gasteiger charge is 2.11. The van der Waals surface area contributed by atoms with Crippen LogP contribution in [0, 0.1) is 0 Å². The first-order chi connectivity index (χ1) is 6.77. The monoisotopic (exact) mass is 225 g/mol. The number of carbonyl (C=O) groups excluding carboxylic acids is 1. The number of rotatable bonds is 2. The Hall–Kier alpha value is -1.06. The van der Waals surface area contributed by atoms with Crippen molar-refractivity contribution in [2.24, 2.45) is 0 Å².